The summed E-state index contributed by atoms with van der Waals surface area (Å²) in [5.41, 5.74) is 9.16. The van der Waals surface area contributed by atoms with E-state index < -0.39 is 12.1 Å². The lowest BCUT2D eigenvalue weighted by atomic mass is 9.85. The minimum Gasteiger partial charge on any atom is -0.397 e. The fourth-order valence-electron chi connectivity index (χ4n) is 4.82. The molecule has 0 bridgehead atoms. The van der Waals surface area contributed by atoms with E-state index in [1.165, 1.54) is 12.8 Å². The first-order chi connectivity index (χ1) is 13.7. The molecule has 1 saturated heterocycles. The number of hydrogen-bond acceptors (Lipinski definition) is 4. The average Bonchev–Trinajstić information content (AvgIpc) is 3.30. The van der Waals surface area contributed by atoms with Crippen molar-refractivity contribution in [2.45, 2.75) is 57.2 Å². The number of nitrogens with one attached hydrogen (secondary N) is 2. The third-order valence-corrected chi connectivity index (χ3v) is 6.94. The van der Waals surface area contributed by atoms with Crippen LogP contribution in [0.2, 0.25) is 0 Å². The highest BCUT2D eigenvalue weighted by Crippen LogP contribution is 2.53. The third kappa shape index (κ3) is 4.12. The molecule has 1 aromatic rings. The number of nitrogen functional groups attached to an aromatic ring is 1. The molecule has 2 aliphatic carbocycles. The number of amides is 1. The highest BCUT2D eigenvalue weighted by Gasteiger charge is 2.48. The van der Waals surface area contributed by atoms with Gasteiger partial charge < -0.3 is 21.3 Å². The van der Waals surface area contributed by atoms with Crippen molar-refractivity contribution in [1.29, 1.82) is 0 Å². The van der Waals surface area contributed by atoms with Gasteiger partial charge in [0.1, 0.15) is 0 Å². The molecule has 1 heterocycles. The number of halogens is 3. The molecule has 0 aromatic heterocycles. The molecule has 3 fully saturated rings. The quantitative estimate of drug-likeness (QED) is 0.652. The summed E-state index contributed by atoms with van der Waals surface area (Å²) < 4.78 is 38.7. The summed E-state index contributed by atoms with van der Waals surface area (Å²) in [5.74, 6) is -1.50. The molecule has 160 valence electrons. The van der Waals surface area contributed by atoms with Crippen LogP contribution in [0.4, 0.5) is 30.2 Å². The molecule has 2 saturated carbocycles. The zero-order chi connectivity index (χ0) is 20.8. The van der Waals surface area contributed by atoms with Crippen molar-refractivity contribution in [2.75, 3.05) is 36.1 Å². The predicted molar refractivity (Wildman–Crippen MR) is 108 cm³/mol. The van der Waals surface area contributed by atoms with E-state index in [4.69, 9.17) is 5.73 Å². The maximum atomic E-state index is 13.1. The van der Waals surface area contributed by atoms with Gasteiger partial charge in [0, 0.05) is 26.2 Å². The molecular formula is C21H29F3N4O. The Morgan fingerprint density at radius 3 is 2.41 bits per heavy atom. The van der Waals surface area contributed by atoms with E-state index in [1.807, 2.05) is 6.07 Å². The van der Waals surface area contributed by atoms with Gasteiger partial charge in [0.15, 0.2) is 0 Å². The molecule has 29 heavy (non-hydrogen) atoms. The zero-order valence-electron chi connectivity index (χ0n) is 16.7. The molecule has 4 N–H and O–H groups in total. The second kappa shape index (κ2) is 7.29. The Morgan fingerprint density at radius 2 is 1.86 bits per heavy atom. The maximum Gasteiger partial charge on any atom is 0.391 e. The van der Waals surface area contributed by atoms with Gasteiger partial charge in [0.05, 0.1) is 28.5 Å². The van der Waals surface area contributed by atoms with Crippen molar-refractivity contribution in [1.82, 2.24) is 5.32 Å². The smallest absolute Gasteiger partial charge is 0.391 e. The number of benzene rings is 1. The number of rotatable bonds is 4. The number of hydrogen-bond donors (Lipinski definition) is 3. The van der Waals surface area contributed by atoms with Crippen molar-refractivity contribution < 1.29 is 18.0 Å². The van der Waals surface area contributed by atoms with Gasteiger partial charge in [-0.05, 0) is 62.5 Å². The van der Waals surface area contributed by atoms with E-state index in [1.54, 1.807) is 13.1 Å². The molecule has 1 aliphatic heterocycles. The molecular weight excluding hydrogens is 381 g/mol. The lowest BCUT2D eigenvalue weighted by Gasteiger charge is -2.31. The standard InChI is InChI=1S/C21H29F3N4O/c1-26-17-11-18(28-9-8-20(12-28)6-7-20)15(10-16(17)25)19(29)27-14-4-2-13(3-5-14)21(22,23)24/h10-11,13-14,26H,2-9,12,25H2,1H3,(H,27,29)/t13-,14-. The Balaban J connectivity index is 1.50. The average molecular weight is 410 g/mol. The number of carbonyl (C=O) groups is 1. The molecule has 5 nitrogen and oxygen atoms in total. The molecule has 0 radical (unpaired) electrons. The normalized spacial score (nSPS) is 25.9. The van der Waals surface area contributed by atoms with Crippen molar-refractivity contribution in [2.24, 2.45) is 11.3 Å². The van der Waals surface area contributed by atoms with Gasteiger partial charge in [-0.15, -0.1) is 0 Å². The van der Waals surface area contributed by atoms with Gasteiger partial charge in [-0.3, -0.25) is 4.79 Å². The molecule has 8 heteroatoms. The van der Waals surface area contributed by atoms with Gasteiger partial charge in [-0.25, -0.2) is 0 Å². The summed E-state index contributed by atoms with van der Waals surface area (Å²) in [6, 6.07) is 3.38. The van der Waals surface area contributed by atoms with Crippen LogP contribution in [-0.4, -0.2) is 38.3 Å². The Morgan fingerprint density at radius 1 is 1.17 bits per heavy atom. The molecule has 1 aromatic carbocycles. The summed E-state index contributed by atoms with van der Waals surface area (Å²) in [7, 11) is 1.79. The van der Waals surface area contributed by atoms with Crippen molar-refractivity contribution in [3.63, 3.8) is 0 Å². The number of anilines is 3. The second-order valence-corrected chi connectivity index (χ2v) is 8.94. The Bertz CT molecular complexity index is 783. The summed E-state index contributed by atoms with van der Waals surface area (Å²) in [5, 5.41) is 6.04. The van der Waals surface area contributed by atoms with E-state index in [0.717, 1.165) is 30.9 Å². The van der Waals surface area contributed by atoms with Crippen LogP contribution in [0.25, 0.3) is 0 Å². The highest BCUT2D eigenvalue weighted by molar-refractivity contribution is 6.02. The van der Waals surface area contributed by atoms with Crippen molar-refractivity contribution >= 4 is 23.0 Å². The van der Waals surface area contributed by atoms with E-state index in [0.29, 0.717) is 29.5 Å². The molecule has 1 spiro atoms. The first-order valence-electron chi connectivity index (χ1n) is 10.4. The molecule has 3 aliphatic rings. The molecule has 0 atom stereocenters. The van der Waals surface area contributed by atoms with E-state index >= 15 is 0 Å². The van der Waals surface area contributed by atoms with Crippen LogP contribution in [0.5, 0.6) is 0 Å². The molecule has 0 unspecified atom stereocenters. The number of alkyl halides is 3. The van der Waals surface area contributed by atoms with Crippen LogP contribution in [0.1, 0.15) is 55.3 Å². The van der Waals surface area contributed by atoms with Crippen molar-refractivity contribution in [3.05, 3.63) is 17.7 Å². The largest absolute Gasteiger partial charge is 0.397 e. The Kier molecular flexibility index (Phi) is 5.07. The van der Waals surface area contributed by atoms with E-state index in [-0.39, 0.29) is 24.8 Å². The van der Waals surface area contributed by atoms with Gasteiger partial charge >= 0.3 is 6.18 Å². The van der Waals surface area contributed by atoms with Crippen LogP contribution in [-0.2, 0) is 0 Å². The number of nitrogens with two attached hydrogens (primary N) is 1. The van der Waals surface area contributed by atoms with E-state index in [2.05, 4.69) is 15.5 Å². The SMILES string of the molecule is CNc1cc(N2CCC3(CC3)C2)c(C(=O)N[C@H]2CC[C@H](C(F)(F)F)CC2)cc1N. The van der Waals surface area contributed by atoms with Crippen LogP contribution in [0.15, 0.2) is 12.1 Å². The summed E-state index contributed by atoms with van der Waals surface area (Å²) in [6.45, 7) is 1.85. The van der Waals surface area contributed by atoms with E-state index in [9.17, 15) is 18.0 Å². The fraction of sp³-hybridized carbons (Fsp3) is 0.667. The third-order valence-electron chi connectivity index (χ3n) is 6.94. The monoisotopic (exact) mass is 410 g/mol. The maximum absolute atomic E-state index is 13.1. The summed E-state index contributed by atoms with van der Waals surface area (Å²) in [6.07, 6.45) is 0.295. The summed E-state index contributed by atoms with van der Waals surface area (Å²) in [4.78, 5) is 15.3. The first-order valence-corrected chi connectivity index (χ1v) is 10.4. The van der Waals surface area contributed by atoms with Gasteiger partial charge in [0.2, 0.25) is 0 Å². The Labute approximate surface area is 169 Å². The van der Waals surface area contributed by atoms with Crippen LogP contribution in [0.3, 0.4) is 0 Å². The van der Waals surface area contributed by atoms with Gasteiger partial charge in [-0.2, -0.15) is 13.2 Å². The lowest BCUT2D eigenvalue weighted by molar-refractivity contribution is -0.182. The zero-order valence-corrected chi connectivity index (χ0v) is 16.7. The minimum absolute atomic E-state index is 0.0663. The predicted octanol–water partition coefficient (Wildman–Crippen LogP) is 4.15. The van der Waals surface area contributed by atoms with Crippen molar-refractivity contribution in [3.8, 4) is 0 Å². The fourth-order valence-corrected chi connectivity index (χ4v) is 4.82. The lowest BCUT2D eigenvalue weighted by Crippen LogP contribution is -2.40. The Hall–Kier alpha value is -2.12. The van der Waals surface area contributed by atoms with Crippen LogP contribution >= 0.6 is 0 Å². The highest BCUT2D eigenvalue weighted by atomic mass is 19.4. The second-order valence-electron chi connectivity index (χ2n) is 8.94. The summed E-state index contributed by atoms with van der Waals surface area (Å²) >= 11 is 0. The first kappa shape index (κ1) is 20.2. The van der Waals surface area contributed by atoms with Gasteiger partial charge in [-0.1, -0.05) is 0 Å². The number of carbonyl (C=O) groups excluding carboxylic acids is 1. The van der Waals surface area contributed by atoms with Crippen LogP contribution in [0, 0.1) is 11.3 Å². The number of nitrogens with zero attached hydrogens (tertiary/aromatic N) is 1. The molecule has 1 amide bonds. The topological polar surface area (TPSA) is 70.4 Å². The minimum atomic E-state index is -4.14. The molecule has 4 rings (SSSR count). The van der Waals surface area contributed by atoms with Gasteiger partial charge in [0.25, 0.3) is 5.91 Å². The van der Waals surface area contributed by atoms with Crippen LogP contribution < -0.4 is 21.3 Å².